The molecule has 0 saturated carbocycles. The summed E-state index contributed by atoms with van der Waals surface area (Å²) >= 11 is 0. The van der Waals surface area contributed by atoms with Crippen LogP contribution >= 0.6 is 0 Å². The number of hydrogen-bond donors (Lipinski definition) is 2. The summed E-state index contributed by atoms with van der Waals surface area (Å²) in [4.78, 5) is 16.2. The average Bonchev–Trinajstić information content (AvgIpc) is 2.48. The zero-order chi connectivity index (χ0) is 13.5. The molecule has 2 fully saturated rings. The molecule has 110 valence electrons. The fourth-order valence-corrected chi connectivity index (χ4v) is 3.33. The Bertz CT molecular complexity index is 271. The van der Waals surface area contributed by atoms with Gasteiger partial charge < -0.3 is 9.80 Å². The monoisotopic (exact) mass is 268 g/mol. The quantitative estimate of drug-likeness (QED) is 0.438. The van der Waals surface area contributed by atoms with Gasteiger partial charge in [-0.3, -0.25) is 10.2 Å². The van der Waals surface area contributed by atoms with E-state index in [2.05, 4.69) is 15.2 Å². The van der Waals surface area contributed by atoms with E-state index in [1.165, 1.54) is 58.3 Å². The molecule has 19 heavy (non-hydrogen) atoms. The van der Waals surface area contributed by atoms with Gasteiger partial charge in [0.15, 0.2) is 0 Å². The minimum atomic E-state index is -0.0526. The number of carbonyl (C=O) groups excluding carboxylic acids is 1. The first-order chi connectivity index (χ1) is 9.29. The molecule has 1 amide bonds. The van der Waals surface area contributed by atoms with Gasteiger partial charge >= 0.3 is 0 Å². The fraction of sp³-hybridized carbons (Fsp3) is 0.929. The molecule has 0 aromatic carbocycles. The van der Waals surface area contributed by atoms with Gasteiger partial charge in [-0.2, -0.15) is 0 Å². The molecule has 2 heterocycles. The van der Waals surface area contributed by atoms with E-state index in [4.69, 9.17) is 5.84 Å². The second-order valence-electron chi connectivity index (χ2n) is 5.84. The predicted molar refractivity (Wildman–Crippen MR) is 76.5 cm³/mol. The maximum atomic E-state index is 11.1. The highest BCUT2D eigenvalue weighted by atomic mass is 16.2. The number of rotatable bonds is 5. The van der Waals surface area contributed by atoms with Gasteiger partial charge in [-0.15, -0.1) is 0 Å². The molecule has 2 saturated heterocycles. The summed E-state index contributed by atoms with van der Waals surface area (Å²) < 4.78 is 0. The smallest absolute Gasteiger partial charge is 0.233 e. The van der Waals surface area contributed by atoms with Crippen molar-refractivity contribution in [1.29, 1.82) is 0 Å². The molecule has 0 aliphatic carbocycles. The molecule has 5 heteroatoms. The van der Waals surface area contributed by atoms with Crippen LogP contribution in [0.2, 0.25) is 0 Å². The normalized spacial score (nSPS) is 23.4. The number of carbonyl (C=O) groups is 1. The van der Waals surface area contributed by atoms with E-state index < -0.39 is 0 Å². The summed E-state index contributed by atoms with van der Waals surface area (Å²) in [5, 5.41) is 0. The second-order valence-corrected chi connectivity index (χ2v) is 5.84. The van der Waals surface area contributed by atoms with E-state index in [0.717, 1.165) is 19.0 Å². The van der Waals surface area contributed by atoms with Gasteiger partial charge in [-0.05, 0) is 64.8 Å². The summed E-state index contributed by atoms with van der Waals surface area (Å²) in [5.74, 6) is 5.02. The number of likely N-dealkylation sites (tertiary alicyclic amines) is 2. The number of hydrogen-bond acceptors (Lipinski definition) is 4. The van der Waals surface area contributed by atoms with Crippen molar-refractivity contribution < 1.29 is 4.79 Å². The van der Waals surface area contributed by atoms with Gasteiger partial charge in [0.25, 0.3) is 0 Å². The Morgan fingerprint density at radius 2 is 1.79 bits per heavy atom. The molecule has 0 spiro atoms. The van der Waals surface area contributed by atoms with Gasteiger partial charge in [-0.1, -0.05) is 6.42 Å². The van der Waals surface area contributed by atoms with Crippen molar-refractivity contribution in [2.75, 3.05) is 32.7 Å². The first kappa shape index (κ1) is 14.8. The van der Waals surface area contributed by atoms with Crippen LogP contribution in [0.5, 0.6) is 0 Å². The Hall–Kier alpha value is -0.650. The highest BCUT2D eigenvalue weighted by Crippen LogP contribution is 2.20. The number of hydrazine groups is 1. The van der Waals surface area contributed by atoms with Crippen LogP contribution < -0.4 is 11.3 Å². The van der Waals surface area contributed by atoms with Crippen molar-refractivity contribution in [3.63, 3.8) is 0 Å². The Morgan fingerprint density at radius 3 is 2.42 bits per heavy atom. The van der Waals surface area contributed by atoms with Crippen LogP contribution in [-0.4, -0.2) is 54.5 Å². The van der Waals surface area contributed by atoms with Crippen molar-refractivity contribution in [3.8, 4) is 0 Å². The largest absolute Gasteiger partial charge is 0.303 e. The van der Waals surface area contributed by atoms with E-state index in [0.29, 0.717) is 6.42 Å². The molecular formula is C14H28N4O. The maximum absolute atomic E-state index is 11.1. The third-order valence-electron chi connectivity index (χ3n) is 4.50. The van der Waals surface area contributed by atoms with Crippen LogP contribution in [0.25, 0.3) is 0 Å². The summed E-state index contributed by atoms with van der Waals surface area (Å²) in [6.45, 7) is 6.01. The molecule has 0 unspecified atom stereocenters. The zero-order valence-corrected chi connectivity index (χ0v) is 11.9. The van der Waals surface area contributed by atoms with Crippen molar-refractivity contribution in [1.82, 2.24) is 15.2 Å². The van der Waals surface area contributed by atoms with Crippen molar-refractivity contribution in [2.45, 2.75) is 51.0 Å². The average molecular weight is 268 g/mol. The highest BCUT2D eigenvalue weighted by molar-refractivity contribution is 5.75. The summed E-state index contributed by atoms with van der Waals surface area (Å²) in [5.41, 5.74) is 2.19. The summed E-state index contributed by atoms with van der Waals surface area (Å²) in [6, 6.07) is 0.809. The summed E-state index contributed by atoms with van der Waals surface area (Å²) in [7, 11) is 0. The Balaban J connectivity index is 1.60. The SMILES string of the molecule is NNC(=O)CCCN1CCC(N2CCCCC2)CC1. The molecule has 0 radical (unpaired) electrons. The lowest BCUT2D eigenvalue weighted by atomic mass is 10.00. The van der Waals surface area contributed by atoms with E-state index in [9.17, 15) is 4.79 Å². The van der Waals surface area contributed by atoms with Gasteiger partial charge in [0.2, 0.25) is 5.91 Å². The van der Waals surface area contributed by atoms with E-state index in [1.54, 1.807) is 0 Å². The first-order valence-corrected chi connectivity index (χ1v) is 7.75. The fourth-order valence-electron chi connectivity index (χ4n) is 3.33. The lowest BCUT2D eigenvalue weighted by molar-refractivity contribution is -0.121. The number of piperidine rings is 2. The highest BCUT2D eigenvalue weighted by Gasteiger charge is 2.25. The van der Waals surface area contributed by atoms with Crippen LogP contribution in [0.15, 0.2) is 0 Å². The first-order valence-electron chi connectivity index (χ1n) is 7.75. The van der Waals surface area contributed by atoms with Crippen LogP contribution in [0.1, 0.15) is 44.9 Å². The van der Waals surface area contributed by atoms with Gasteiger partial charge in [0.1, 0.15) is 0 Å². The van der Waals surface area contributed by atoms with Crippen LogP contribution in [0, 0.1) is 0 Å². The minimum Gasteiger partial charge on any atom is -0.303 e. The maximum Gasteiger partial charge on any atom is 0.233 e. The molecule has 0 aromatic rings. The standard InChI is InChI=1S/C14H28N4O/c15-16-14(19)5-4-8-17-11-6-13(7-12-17)18-9-2-1-3-10-18/h13H,1-12,15H2,(H,16,19). The van der Waals surface area contributed by atoms with Crippen molar-refractivity contribution in [3.05, 3.63) is 0 Å². The molecule has 3 N–H and O–H groups in total. The third kappa shape index (κ3) is 4.75. The minimum absolute atomic E-state index is 0.0526. The Morgan fingerprint density at radius 1 is 1.11 bits per heavy atom. The topological polar surface area (TPSA) is 61.6 Å². The van der Waals surface area contributed by atoms with Crippen LogP contribution in [0.3, 0.4) is 0 Å². The summed E-state index contributed by atoms with van der Waals surface area (Å²) in [6.07, 6.45) is 8.23. The van der Waals surface area contributed by atoms with Crippen LogP contribution in [0.4, 0.5) is 0 Å². The van der Waals surface area contributed by atoms with E-state index >= 15 is 0 Å². The Kier molecular flexibility index (Phi) is 6.07. The van der Waals surface area contributed by atoms with Gasteiger partial charge in [0, 0.05) is 12.5 Å². The number of nitrogens with zero attached hydrogens (tertiary/aromatic N) is 2. The lowest BCUT2D eigenvalue weighted by Crippen LogP contribution is -2.46. The lowest BCUT2D eigenvalue weighted by Gasteiger charge is -2.40. The molecule has 2 aliphatic rings. The van der Waals surface area contributed by atoms with Crippen LogP contribution in [-0.2, 0) is 4.79 Å². The Labute approximate surface area is 116 Å². The number of amides is 1. The van der Waals surface area contributed by atoms with Crippen molar-refractivity contribution >= 4 is 5.91 Å². The molecule has 0 bridgehead atoms. The number of nitrogens with two attached hydrogens (primary N) is 1. The van der Waals surface area contributed by atoms with E-state index in [-0.39, 0.29) is 5.91 Å². The second kappa shape index (κ2) is 7.82. The molecule has 0 atom stereocenters. The zero-order valence-electron chi connectivity index (χ0n) is 11.9. The van der Waals surface area contributed by atoms with Gasteiger partial charge in [0.05, 0.1) is 0 Å². The molecule has 0 aromatic heterocycles. The molecule has 5 nitrogen and oxygen atoms in total. The van der Waals surface area contributed by atoms with E-state index in [1.807, 2.05) is 0 Å². The molecule has 2 rings (SSSR count). The predicted octanol–water partition coefficient (Wildman–Crippen LogP) is 0.707. The number of nitrogens with one attached hydrogen (secondary N) is 1. The third-order valence-corrected chi connectivity index (χ3v) is 4.50. The molecular weight excluding hydrogens is 240 g/mol. The molecule has 2 aliphatic heterocycles. The van der Waals surface area contributed by atoms with Crippen molar-refractivity contribution in [2.24, 2.45) is 5.84 Å². The van der Waals surface area contributed by atoms with Gasteiger partial charge in [-0.25, -0.2) is 5.84 Å².